The number of aromatic nitrogens is 1. The number of rotatable bonds is 7. The monoisotopic (exact) mass is 312 g/mol. The van der Waals surface area contributed by atoms with Crippen molar-refractivity contribution in [1.29, 1.82) is 0 Å². The summed E-state index contributed by atoms with van der Waals surface area (Å²) in [5.41, 5.74) is 2.28. The summed E-state index contributed by atoms with van der Waals surface area (Å²) < 4.78 is 0. The number of aryl methyl sites for hydroxylation is 1. The van der Waals surface area contributed by atoms with E-state index >= 15 is 0 Å². The topological polar surface area (TPSA) is 62.2 Å². The lowest BCUT2D eigenvalue weighted by Gasteiger charge is -2.16. The molecule has 1 amide bonds. The van der Waals surface area contributed by atoms with Gasteiger partial charge in [-0.3, -0.25) is 9.78 Å². The highest BCUT2D eigenvalue weighted by Crippen LogP contribution is 2.13. The second-order valence-corrected chi connectivity index (χ2v) is 6.37. The van der Waals surface area contributed by atoms with Gasteiger partial charge in [-0.1, -0.05) is 12.1 Å². The molecule has 0 unspecified atom stereocenters. The van der Waals surface area contributed by atoms with E-state index in [0.29, 0.717) is 18.5 Å². The summed E-state index contributed by atoms with van der Waals surface area (Å²) in [5.74, 6) is -0.0619. The van der Waals surface area contributed by atoms with Gasteiger partial charge in [0.1, 0.15) is 0 Å². The molecule has 0 fully saturated rings. The third kappa shape index (κ3) is 6.20. The van der Waals surface area contributed by atoms with Crippen LogP contribution in [0.2, 0.25) is 0 Å². The Bertz CT molecular complexity index is 616. The Hall–Kier alpha value is -2.20. The van der Waals surface area contributed by atoms with Gasteiger partial charge in [0.05, 0.1) is 5.60 Å². The van der Waals surface area contributed by atoms with Crippen molar-refractivity contribution < 1.29 is 9.90 Å². The van der Waals surface area contributed by atoms with Crippen LogP contribution in [-0.2, 0) is 12.8 Å². The highest BCUT2D eigenvalue weighted by Gasteiger charge is 2.12. The van der Waals surface area contributed by atoms with E-state index in [1.54, 1.807) is 26.2 Å². The summed E-state index contributed by atoms with van der Waals surface area (Å²) in [7, 11) is 0. The zero-order valence-electron chi connectivity index (χ0n) is 13.7. The maximum absolute atomic E-state index is 12.1. The first-order chi connectivity index (χ1) is 10.9. The van der Waals surface area contributed by atoms with Gasteiger partial charge in [-0.2, -0.15) is 0 Å². The summed E-state index contributed by atoms with van der Waals surface area (Å²) >= 11 is 0. The average molecular weight is 312 g/mol. The van der Waals surface area contributed by atoms with Crippen molar-refractivity contribution in [1.82, 2.24) is 10.3 Å². The molecule has 1 aromatic heterocycles. The quantitative estimate of drug-likeness (QED) is 0.826. The zero-order chi connectivity index (χ0) is 16.7. The lowest BCUT2D eigenvalue weighted by atomic mass is 9.98. The number of nitrogens with zero attached hydrogens (tertiary/aromatic N) is 1. The average Bonchev–Trinajstić information content (AvgIpc) is 2.54. The van der Waals surface area contributed by atoms with Crippen LogP contribution in [0, 0.1) is 0 Å². The van der Waals surface area contributed by atoms with Gasteiger partial charge in [-0.25, -0.2) is 0 Å². The maximum Gasteiger partial charge on any atom is 0.251 e. The van der Waals surface area contributed by atoms with E-state index in [9.17, 15) is 9.90 Å². The second-order valence-electron chi connectivity index (χ2n) is 6.37. The first kappa shape index (κ1) is 17.2. The van der Waals surface area contributed by atoms with Gasteiger partial charge < -0.3 is 10.4 Å². The summed E-state index contributed by atoms with van der Waals surface area (Å²) in [6.45, 7) is 4.21. The molecule has 0 aliphatic rings. The van der Waals surface area contributed by atoms with Crippen molar-refractivity contribution in [3.05, 3.63) is 65.5 Å². The lowest BCUT2D eigenvalue weighted by Crippen LogP contribution is -2.25. The molecule has 4 nitrogen and oxygen atoms in total. The highest BCUT2D eigenvalue weighted by atomic mass is 16.3. The number of aliphatic hydroxyl groups is 1. The van der Waals surface area contributed by atoms with Crippen LogP contribution >= 0.6 is 0 Å². The minimum atomic E-state index is -0.664. The number of hydrogen-bond acceptors (Lipinski definition) is 3. The first-order valence-electron chi connectivity index (χ1n) is 7.92. The van der Waals surface area contributed by atoms with Gasteiger partial charge >= 0.3 is 0 Å². The highest BCUT2D eigenvalue weighted by molar-refractivity contribution is 5.94. The van der Waals surface area contributed by atoms with Gasteiger partial charge in [-0.15, -0.1) is 0 Å². The molecule has 0 bridgehead atoms. The van der Waals surface area contributed by atoms with E-state index in [-0.39, 0.29) is 5.91 Å². The second kappa shape index (κ2) is 7.88. The Morgan fingerprint density at radius 2 is 1.65 bits per heavy atom. The minimum Gasteiger partial charge on any atom is -0.390 e. The third-order valence-corrected chi connectivity index (χ3v) is 3.69. The van der Waals surface area contributed by atoms with Crippen molar-refractivity contribution >= 4 is 5.91 Å². The van der Waals surface area contributed by atoms with Crippen molar-refractivity contribution in [2.24, 2.45) is 0 Å². The zero-order valence-corrected chi connectivity index (χ0v) is 13.7. The Morgan fingerprint density at radius 1 is 1.04 bits per heavy atom. The normalized spacial score (nSPS) is 11.3. The molecule has 0 atom stereocenters. The molecule has 0 aliphatic heterocycles. The number of nitrogens with one attached hydrogen (secondary N) is 1. The molecule has 2 aromatic rings. The molecular weight excluding hydrogens is 288 g/mol. The van der Waals surface area contributed by atoms with Crippen molar-refractivity contribution in [3.63, 3.8) is 0 Å². The van der Waals surface area contributed by atoms with Crippen LogP contribution in [0.25, 0.3) is 0 Å². The largest absolute Gasteiger partial charge is 0.390 e. The van der Waals surface area contributed by atoms with Crippen LogP contribution in [0.4, 0.5) is 0 Å². The van der Waals surface area contributed by atoms with E-state index in [0.717, 1.165) is 24.0 Å². The van der Waals surface area contributed by atoms with Crippen LogP contribution in [-0.4, -0.2) is 28.1 Å². The van der Waals surface area contributed by atoms with E-state index in [1.165, 1.54) is 0 Å². The lowest BCUT2D eigenvalue weighted by molar-refractivity contribution is 0.0713. The molecule has 2 N–H and O–H groups in total. The van der Waals surface area contributed by atoms with E-state index < -0.39 is 5.60 Å². The Labute approximate surface area is 137 Å². The van der Waals surface area contributed by atoms with Crippen LogP contribution < -0.4 is 5.32 Å². The predicted octanol–water partition coefficient (Wildman–Crippen LogP) is 2.76. The number of carbonyl (C=O) groups excluding carboxylic acids is 1. The number of amides is 1. The van der Waals surface area contributed by atoms with Gasteiger partial charge in [0.25, 0.3) is 5.91 Å². The fourth-order valence-corrected chi connectivity index (χ4v) is 2.24. The summed E-state index contributed by atoms with van der Waals surface area (Å²) in [4.78, 5) is 16.1. The summed E-state index contributed by atoms with van der Waals surface area (Å²) in [5, 5.41) is 12.7. The minimum absolute atomic E-state index is 0.0619. The molecular formula is C19H24N2O2. The molecule has 2 rings (SSSR count). The molecule has 0 saturated heterocycles. The summed E-state index contributed by atoms with van der Waals surface area (Å²) in [6, 6.07) is 11.5. The third-order valence-electron chi connectivity index (χ3n) is 3.69. The fraction of sp³-hybridized carbons (Fsp3) is 0.368. The molecule has 1 heterocycles. The Kier molecular flexibility index (Phi) is 5.88. The van der Waals surface area contributed by atoms with Gasteiger partial charge in [0.2, 0.25) is 0 Å². The van der Waals surface area contributed by atoms with E-state index in [2.05, 4.69) is 10.3 Å². The van der Waals surface area contributed by atoms with Crippen LogP contribution in [0.3, 0.4) is 0 Å². The van der Waals surface area contributed by atoms with E-state index in [1.807, 2.05) is 36.4 Å². The number of pyridine rings is 1. The summed E-state index contributed by atoms with van der Waals surface area (Å²) in [6.07, 6.45) is 5.79. The predicted molar refractivity (Wildman–Crippen MR) is 91.3 cm³/mol. The first-order valence-corrected chi connectivity index (χ1v) is 7.92. The molecule has 0 spiro atoms. The maximum atomic E-state index is 12.1. The van der Waals surface area contributed by atoms with Crippen molar-refractivity contribution in [2.75, 3.05) is 6.54 Å². The van der Waals surface area contributed by atoms with E-state index in [4.69, 9.17) is 0 Å². The molecule has 1 aromatic carbocycles. The van der Waals surface area contributed by atoms with Crippen LogP contribution in [0.15, 0.2) is 48.8 Å². The van der Waals surface area contributed by atoms with Gasteiger partial charge in [0.15, 0.2) is 0 Å². The van der Waals surface area contributed by atoms with Crippen LogP contribution in [0.5, 0.6) is 0 Å². The molecule has 23 heavy (non-hydrogen) atoms. The Morgan fingerprint density at radius 3 is 2.26 bits per heavy atom. The number of benzene rings is 1. The number of carbonyl (C=O) groups is 1. The Balaban J connectivity index is 1.80. The van der Waals surface area contributed by atoms with Crippen molar-refractivity contribution in [3.8, 4) is 0 Å². The SMILES string of the molecule is CC(C)(O)CCc1ccc(C(=O)NCCc2ccncc2)cc1. The standard InChI is InChI=1S/C19H24N2O2/c1-19(2,23)11-7-15-3-5-17(6-4-15)18(22)21-14-10-16-8-12-20-13-9-16/h3-6,8-9,12-13,23H,7,10-11,14H2,1-2H3,(H,21,22). The van der Waals surface area contributed by atoms with Gasteiger partial charge in [-0.05, 0) is 68.5 Å². The molecule has 4 heteroatoms. The van der Waals surface area contributed by atoms with Crippen molar-refractivity contribution in [2.45, 2.75) is 38.7 Å². The molecule has 0 aliphatic carbocycles. The fourth-order valence-electron chi connectivity index (χ4n) is 2.24. The smallest absolute Gasteiger partial charge is 0.251 e. The van der Waals surface area contributed by atoms with Crippen LogP contribution in [0.1, 0.15) is 41.8 Å². The molecule has 122 valence electrons. The molecule has 0 radical (unpaired) electrons. The molecule has 0 saturated carbocycles. The van der Waals surface area contributed by atoms with Gasteiger partial charge in [0, 0.05) is 24.5 Å². The number of hydrogen-bond donors (Lipinski definition) is 2.